The molecule has 1 atom stereocenters. The summed E-state index contributed by atoms with van der Waals surface area (Å²) in [5, 5.41) is 13.7. The van der Waals surface area contributed by atoms with E-state index in [9.17, 15) is 23.2 Å². The van der Waals surface area contributed by atoms with E-state index >= 15 is 0 Å². The molecule has 0 aromatic heterocycles. The number of hydrogen-bond donors (Lipinski definition) is 3. The van der Waals surface area contributed by atoms with Crippen LogP contribution in [-0.2, 0) is 9.59 Å². The van der Waals surface area contributed by atoms with Gasteiger partial charge in [0.05, 0.1) is 21.6 Å². The normalized spacial score (nSPS) is 22.7. The summed E-state index contributed by atoms with van der Waals surface area (Å²) in [6.45, 7) is 0.0930. The molecule has 1 fully saturated rings. The lowest BCUT2D eigenvalue weighted by atomic mass is 9.87. The van der Waals surface area contributed by atoms with Gasteiger partial charge in [-0.2, -0.15) is 0 Å². The van der Waals surface area contributed by atoms with Gasteiger partial charge in [0.15, 0.2) is 0 Å². The quantitative estimate of drug-likeness (QED) is 0.484. The zero-order valence-electron chi connectivity index (χ0n) is 17.0. The van der Waals surface area contributed by atoms with Crippen molar-refractivity contribution in [3.8, 4) is 5.75 Å². The summed E-state index contributed by atoms with van der Waals surface area (Å²) in [6.07, 6.45) is 3.74. The maximum atomic E-state index is 14.4. The zero-order chi connectivity index (χ0) is 23.3. The van der Waals surface area contributed by atoms with Gasteiger partial charge in [-0.05, 0) is 32.1 Å². The van der Waals surface area contributed by atoms with Gasteiger partial charge < -0.3 is 20.5 Å². The van der Waals surface area contributed by atoms with Gasteiger partial charge in [-0.3, -0.25) is 14.4 Å². The summed E-state index contributed by atoms with van der Waals surface area (Å²) in [4.78, 5) is 35.2. The molecule has 1 aliphatic carbocycles. The largest absolute Gasteiger partial charge is 0.490 e. The van der Waals surface area contributed by atoms with Crippen LogP contribution < -0.4 is 15.4 Å². The Kier molecular flexibility index (Phi) is 8.36. The smallest absolute Gasteiger partial charge is 0.306 e. The monoisotopic (exact) mass is 488 g/mol. The van der Waals surface area contributed by atoms with Crippen molar-refractivity contribution in [3.05, 3.63) is 39.8 Å². The number of ether oxygens (including phenoxy) is 1. The van der Waals surface area contributed by atoms with Crippen molar-refractivity contribution in [2.24, 2.45) is 5.92 Å². The molecule has 3 rings (SSSR count). The molecule has 174 valence electrons. The van der Waals surface area contributed by atoms with Gasteiger partial charge in [0.25, 0.3) is 5.91 Å². The highest BCUT2D eigenvalue weighted by molar-refractivity contribution is 8.06. The minimum absolute atomic E-state index is 0.00687. The Balaban J connectivity index is 1.47. The van der Waals surface area contributed by atoms with E-state index in [1.807, 2.05) is 0 Å². The third kappa shape index (κ3) is 6.35. The number of aliphatic carboxylic acids is 1. The number of thioether (sulfide) groups is 1. The lowest BCUT2D eigenvalue weighted by Crippen LogP contribution is -2.38. The first-order valence-electron chi connectivity index (χ1n) is 10.2. The number of nitrogens with one attached hydrogen (secondary N) is 2. The number of allylic oxidation sites excluding steroid dienone is 1. The van der Waals surface area contributed by atoms with Crippen molar-refractivity contribution >= 4 is 41.1 Å². The standard InChI is InChI=1S/C21H23ClF2N2O5S/c22-17-6-5-16(32-17)19(27)25-7-8-26-20(28)18-14(23)9-13(10-15(18)24)31-12-3-1-11(2-4-12)21(29)30/h6,9-12,16H,1-5,7-8H2,(H,25,27)(H,26,28)(H,29,30). The molecule has 7 nitrogen and oxygen atoms in total. The van der Waals surface area contributed by atoms with E-state index in [4.69, 9.17) is 21.4 Å². The van der Waals surface area contributed by atoms with Crippen LogP contribution in [0.15, 0.2) is 22.6 Å². The number of rotatable bonds is 8. The van der Waals surface area contributed by atoms with E-state index in [0.717, 1.165) is 12.1 Å². The average molecular weight is 489 g/mol. The van der Waals surface area contributed by atoms with Gasteiger partial charge in [-0.1, -0.05) is 17.7 Å². The van der Waals surface area contributed by atoms with Crippen molar-refractivity contribution < 1.29 is 33.0 Å². The molecule has 1 aromatic rings. The van der Waals surface area contributed by atoms with Gasteiger partial charge in [-0.15, -0.1) is 11.8 Å². The number of carbonyl (C=O) groups excluding carboxylic acids is 2. The lowest BCUT2D eigenvalue weighted by Gasteiger charge is -2.26. The number of carboxylic acids is 1. The van der Waals surface area contributed by atoms with Crippen molar-refractivity contribution in [1.29, 1.82) is 0 Å². The Morgan fingerprint density at radius 2 is 1.72 bits per heavy atom. The summed E-state index contributed by atoms with van der Waals surface area (Å²) in [5.74, 6) is -4.63. The molecule has 2 amide bonds. The van der Waals surface area contributed by atoms with Crippen LogP contribution in [0.1, 0.15) is 42.5 Å². The van der Waals surface area contributed by atoms with E-state index in [1.165, 1.54) is 11.8 Å². The van der Waals surface area contributed by atoms with Crippen molar-refractivity contribution in [3.63, 3.8) is 0 Å². The molecule has 1 aliphatic heterocycles. The highest BCUT2D eigenvalue weighted by Crippen LogP contribution is 2.34. The van der Waals surface area contributed by atoms with Crippen molar-refractivity contribution in [2.75, 3.05) is 13.1 Å². The minimum Gasteiger partial charge on any atom is -0.490 e. The second kappa shape index (κ2) is 11.0. The van der Waals surface area contributed by atoms with E-state index < -0.39 is 35.0 Å². The Morgan fingerprint density at radius 1 is 1.09 bits per heavy atom. The Morgan fingerprint density at radius 3 is 2.28 bits per heavy atom. The SMILES string of the molecule is O=C(NCCNC(=O)C1CC=C(Cl)S1)c1c(F)cc(OC2CCC(C(=O)O)CC2)cc1F. The molecule has 1 saturated carbocycles. The fourth-order valence-corrected chi connectivity index (χ4v) is 4.87. The van der Waals surface area contributed by atoms with Crippen LogP contribution in [0.25, 0.3) is 0 Å². The molecule has 0 bridgehead atoms. The first kappa shape index (κ1) is 24.3. The van der Waals surface area contributed by atoms with Crippen LogP contribution in [0.4, 0.5) is 8.78 Å². The van der Waals surface area contributed by atoms with Gasteiger partial charge >= 0.3 is 5.97 Å². The van der Waals surface area contributed by atoms with E-state index in [0.29, 0.717) is 36.5 Å². The van der Waals surface area contributed by atoms with Crippen molar-refractivity contribution in [1.82, 2.24) is 10.6 Å². The molecule has 0 spiro atoms. The molecular formula is C21H23ClF2N2O5S. The first-order chi connectivity index (χ1) is 15.2. The summed E-state index contributed by atoms with van der Waals surface area (Å²) in [6, 6.07) is 1.88. The van der Waals surface area contributed by atoms with Crippen LogP contribution in [0.3, 0.4) is 0 Å². The highest BCUT2D eigenvalue weighted by atomic mass is 35.5. The number of halogens is 3. The predicted octanol–water partition coefficient (Wildman–Crippen LogP) is 3.42. The second-order valence-corrected chi connectivity index (χ2v) is 9.46. The Labute approximate surface area is 192 Å². The maximum absolute atomic E-state index is 14.4. The van der Waals surface area contributed by atoms with Gasteiger partial charge in [-0.25, -0.2) is 8.78 Å². The molecule has 1 aromatic carbocycles. The number of amides is 2. The van der Waals surface area contributed by atoms with Crippen LogP contribution in [0.2, 0.25) is 0 Å². The Bertz CT molecular complexity index is 898. The first-order valence-corrected chi connectivity index (χ1v) is 11.5. The average Bonchev–Trinajstić information content (AvgIpc) is 3.17. The van der Waals surface area contributed by atoms with Crippen molar-refractivity contribution in [2.45, 2.75) is 43.5 Å². The summed E-state index contributed by atoms with van der Waals surface area (Å²) in [5.41, 5.74) is -0.736. The number of benzene rings is 1. The van der Waals surface area contributed by atoms with Gasteiger partial charge in [0, 0.05) is 25.2 Å². The predicted molar refractivity (Wildman–Crippen MR) is 116 cm³/mol. The van der Waals surface area contributed by atoms with Crippen LogP contribution in [0, 0.1) is 17.6 Å². The highest BCUT2D eigenvalue weighted by Gasteiger charge is 2.28. The zero-order valence-corrected chi connectivity index (χ0v) is 18.6. The fraction of sp³-hybridized carbons (Fsp3) is 0.476. The molecular weight excluding hydrogens is 466 g/mol. The molecule has 1 heterocycles. The lowest BCUT2D eigenvalue weighted by molar-refractivity contribution is -0.143. The second-order valence-electron chi connectivity index (χ2n) is 7.59. The van der Waals surface area contributed by atoms with Gasteiger partial charge in [0.2, 0.25) is 5.91 Å². The maximum Gasteiger partial charge on any atom is 0.306 e. The van der Waals surface area contributed by atoms with Crippen LogP contribution in [0.5, 0.6) is 5.75 Å². The third-order valence-electron chi connectivity index (χ3n) is 5.32. The molecule has 2 aliphatic rings. The third-order valence-corrected chi connectivity index (χ3v) is 6.82. The van der Waals surface area contributed by atoms with Crippen LogP contribution in [-0.4, -0.2) is 47.3 Å². The molecule has 1 unspecified atom stereocenters. The van der Waals surface area contributed by atoms with E-state index in [1.54, 1.807) is 6.08 Å². The fourth-order valence-electron chi connectivity index (χ4n) is 3.61. The number of carboxylic acid groups (broad SMARTS) is 1. The van der Waals surface area contributed by atoms with Crippen LogP contribution >= 0.6 is 23.4 Å². The molecule has 0 radical (unpaired) electrons. The number of carbonyl (C=O) groups is 3. The topological polar surface area (TPSA) is 105 Å². The van der Waals surface area contributed by atoms with E-state index in [-0.39, 0.29) is 36.1 Å². The number of hydrogen-bond acceptors (Lipinski definition) is 5. The summed E-state index contributed by atoms with van der Waals surface area (Å²) >= 11 is 7.06. The summed E-state index contributed by atoms with van der Waals surface area (Å²) in [7, 11) is 0. The molecule has 32 heavy (non-hydrogen) atoms. The Hall–Kier alpha value is -2.33. The molecule has 11 heteroatoms. The molecule has 0 saturated heterocycles. The summed E-state index contributed by atoms with van der Waals surface area (Å²) < 4.78 is 35.0. The minimum atomic E-state index is -1.07. The molecule has 3 N–H and O–H groups in total. The van der Waals surface area contributed by atoms with Gasteiger partial charge in [0.1, 0.15) is 22.9 Å². The van der Waals surface area contributed by atoms with E-state index in [2.05, 4.69) is 10.6 Å².